The summed E-state index contributed by atoms with van der Waals surface area (Å²) in [5, 5.41) is 77.1. The van der Waals surface area contributed by atoms with Crippen molar-refractivity contribution in [2.45, 2.75) is 113 Å². The van der Waals surface area contributed by atoms with Gasteiger partial charge in [-0.05, 0) is 6.92 Å². The van der Waals surface area contributed by atoms with Crippen LogP contribution in [0.2, 0.25) is 0 Å². The topological polar surface area (TPSA) is 255 Å². The molecule has 3 saturated heterocycles. The molecule has 0 aromatic heterocycles. The van der Waals surface area contributed by atoms with Crippen molar-refractivity contribution in [2.75, 3.05) is 20.3 Å². The Kier molecular flexibility index (Phi) is 11.6. The van der Waals surface area contributed by atoms with Crippen LogP contribution in [0.1, 0.15) is 20.8 Å². The lowest BCUT2D eigenvalue weighted by Crippen LogP contribution is -2.69. The van der Waals surface area contributed by atoms with Crippen molar-refractivity contribution in [3.05, 3.63) is 0 Å². The quantitative estimate of drug-likeness (QED) is 0.122. The lowest BCUT2D eigenvalue weighted by molar-refractivity contribution is -0.373. The van der Waals surface area contributed by atoms with Gasteiger partial charge >= 0.3 is 0 Å². The molecule has 3 fully saturated rings. The van der Waals surface area contributed by atoms with Crippen LogP contribution >= 0.6 is 0 Å². The molecule has 0 aromatic rings. The highest BCUT2D eigenvalue weighted by molar-refractivity contribution is 5.73. The summed E-state index contributed by atoms with van der Waals surface area (Å²) < 4.78 is 34.4. The van der Waals surface area contributed by atoms with E-state index in [9.17, 15) is 45.3 Å². The highest BCUT2D eigenvalue weighted by atomic mass is 16.8. The minimum atomic E-state index is -1.64. The minimum Gasteiger partial charge on any atom is -0.394 e. The zero-order chi connectivity index (χ0) is 29.9. The zero-order valence-corrected chi connectivity index (χ0v) is 22.5. The molecule has 2 amide bonds. The molecule has 3 heterocycles. The van der Waals surface area contributed by atoms with Crippen molar-refractivity contribution in [3.63, 3.8) is 0 Å². The predicted octanol–water partition coefficient (Wildman–Crippen LogP) is -5.60. The summed E-state index contributed by atoms with van der Waals surface area (Å²) in [4.78, 5) is 23.7. The summed E-state index contributed by atoms with van der Waals surface area (Å²) in [7, 11) is 1.27. The molecular weight excluding hydrogens is 544 g/mol. The van der Waals surface area contributed by atoms with E-state index in [0.717, 1.165) is 13.8 Å². The van der Waals surface area contributed by atoms with Crippen LogP contribution in [0.5, 0.6) is 0 Å². The number of carbonyl (C=O) groups is 2. The SMILES string of the molecule is CO[C@@H]1O[C@@H](C)[C@H](O)[C@@H](O[C@@H]2O[C@H](CO)[C@@H](O)[C@H](O)[C@H]2NC(C)=O)[C@H]1O[C@H]1O[C@H](CO)[C@H](O)[C@H](O)[C@H]1NC(C)=O. The van der Waals surface area contributed by atoms with Crippen molar-refractivity contribution < 1.29 is 73.8 Å². The van der Waals surface area contributed by atoms with Crippen LogP contribution in [-0.4, -0.2) is 160 Å². The van der Waals surface area contributed by atoms with Crippen molar-refractivity contribution in [3.8, 4) is 0 Å². The van der Waals surface area contributed by atoms with Crippen LogP contribution < -0.4 is 10.6 Å². The molecule has 3 rings (SSSR count). The monoisotopic (exact) mass is 584 g/mol. The van der Waals surface area contributed by atoms with Crippen LogP contribution in [0.4, 0.5) is 0 Å². The fourth-order valence-electron chi connectivity index (χ4n) is 4.96. The molecule has 0 unspecified atom stereocenters. The summed E-state index contributed by atoms with van der Waals surface area (Å²) in [6, 6.07) is -2.70. The molecule has 15 atom stereocenters. The lowest BCUT2D eigenvalue weighted by atomic mass is 9.95. The van der Waals surface area contributed by atoms with Gasteiger partial charge in [-0.3, -0.25) is 9.59 Å². The maximum Gasteiger partial charge on any atom is 0.217 e. The number of rotatable bonds is 9. The smallest absolute Gasteiger partial charge is 0.217 e. The van der Waals surface area contributed by atoms with Gasteiger partial charge in [0.05, 0.1) is 19.3 Å². The van der Waals surface area contributed by atoms with Crippen LogP contribution in [0.15, 0.2) is 0 Å². The fourth-order valence-corrected chi connectivity index (χ4v) is 4.96. The van der Waals surface area contributed by atoms with Gasteiger partial charge in [0.1, 0.15) is 67.0 Å². The van der Waals surface area contributed by atoms with Gasteiger partial charge in [-0.1, -0.05) is 0 Å². The number of hydrogen-bond acceptors (Lipinski definition) is 15. The van der Waals surface area contributed by atoms with Crippen molar-refractivity contribution in [2.24, 2.45) is 0 Å². The molecule has 17 nitrogen and oxygen atoms in total. The summed E-state index contributed by atoms with van der Waals surface area (Å²) in [6.45, 7) is 2.40. The fraction of sp³-hybridized carbons (Fsp3) is 0.913. The number of ether oxygens (including phenoxy) is 6. The molecule has 3 aliphatic heterocycles. The lowest BCUT2D eigenvalue weighted by Gasteiger charge is -2.49. The first-order valence-corrected chi connectivity index (χ1v) is 12.8. The Hall–Kier alpha value is -1.58. The van der Waals surface area contributed by atoms with Crippen LogP contribution in [0, 0.1) is 0 Å². The first-order valence-electron chi connectivity index (χ1n) is 12.8. The number of carbonyl (C=O) groups excluding carboxylic acids is 2. The highest BCUT2D eigenvalue weighted by Gasteiger charge is 2.54. The first-order chi connectivity index (χ1) is 18.8. The third-order valence-electron chi connectivity index (χ3n) is 7.07. The second kappa shape index (κ2) is 14.1. The van der Waals surface area contributed by atoms with E-state index in [0.29, 0.717) is 0 Å². The zero-order valence-electron chi connectivity index (χ0n) is 22.5. The number of methoxy groups -OCH3 is 1. The summed E-state index contributed by atoms with van der Waals surface area (Å²) >= 11 is 0. The Balaban J connectivity index is 1.95. The van der Waals surface area contributed by atoms with Gasteiger partial charge in [0.2, 0.25) is 11.8 Å². The van der Waals surface area contributed by atoms with E-state index >= 15 is 0 Å². The largest absolute Gasteiger partial charge is 0.394 e. The maximum atomic E-state index is 11.8. The third kappa shape index (κ3) is 7.06. The minimum absolute atomic E-state index is 0.600. The molecule has 17 heteroatoms. The van der Waals surface area contributed by atoms with E-state index in [-0.39, 0.29) is 0 Å². The van der Waals surface area contributed by atoms with Gasteiger partial charge in [0.25, 0.3) is 0 Å². The molecule has 40 heavy (non-hydrogen) atoms. The van der Waals surface area contributed by atoms with E-state index < -0.39 is 117 Å². The summed E-state index contributed by atoms with van der Waals surface area (Å²) in [5.41, 5.74) is 0. The number of aliphatic hydroxyl groups is 7. The molecule has 0 aliphatic carbocycles. The van der Waals surface area contributed by atoms with Crippen molar-refractivity contribution in [1.29, 1.82) is 0 Å². The maximum absolute atomic E-state index is 11.8. The first kappa shape index (κ1) is 32.9. The molecule has 0 radical (unpaired) electrons. The molecule has 0 aromatic carbocycles. The number of aliphatic hydroxyl groups excluding tert-OH is 7. The Morgan fingerprint density at radius 2 is 1.10 bits per heavy atom. The van der Waals surface area contributed by atoms with Gasteiger partial charge < -0.3 is 74.8 Å². The van der Waals surface area contributed by atoms with E-state index in [1.807, 2.05) is 0 Å². The Labute approximate surface area is 229 Å². The molecule has 0 bridgehead atoms. The molecule has 3 aliphatic rings. The molecule has 0 saturated carbocycles. The van der Waals surface area contributed by atoms with Crippen molar-refractivity contribution >= 4 is 11.8 Å². The van der Waals surface area contributed by atoms with E-state index in [1.165, 1.54) is 14.0 Å². The van der Waals surface area contributed by atoms with Crippen LogP contribution in [0.3, 0.4) is 0 Å². The van der Waals surface area contributed by atoms with E-state index in [4.69, 9.17) is 28.4 Å². The van der Waals surface area contributed by atoms with Gasteiger partial charge in [0.15, 0.2) is 18.9 Å². The average molecular weight is 585 g/mol. The average Bonchev–Trinajstić information content (AvgIpc) is 2.90. The number of hydrogen-bond donors (Lipinski definition) is 9. The van der Waals surface area contributed by atoms with E-state index in [1.54, 1.807) is 0 Å². The number of amides is 2. The molecule has 0 spiro atoms. The molecule has 9 N–H and O–H groups in total. The highest BCUT2D eigenvalue weighted by Crippen LogP contribution is 2.33. The third-order valence-corrected chi connectivity index (χ3v) is 7.07. The van der Waals surface area contributed by atoms with Gasteiger partial charge in [-0.15, -0.1) is 0 Å². The Morgan fingerprint density at radius 1 is 0.675 bits per heavy atom. The van der Waals surface area contributed by atoms with Gasteiger partial charge in [-0.25, -0.2) is 0 Å². The standard InChI is InChI=1S/C23H40N2O15/c1-7-14(30)19(39-21-12(24-8(2)28)17(33)15(31)10(5-26)37-21)20(23(35-4)36-7)40-22-13(25-9(3)29)18(34)16(32)11(6-27)38-22/h7,10-23,26-27,30-34H,5-6H2,1-4H3,(H,24,28)(H,25,29)/t7-,10+,11+,12+,13+,14-,15+,16-,17+,18+,19+,20+,21-,22+,23+/m0/s1. The van der Waals surface area contributed by atoms with E-state index in [2.05, 4.69) is 10.6 Å². The van der Waals surface area contributed by atoms with Crippen LogP contribution in [0.25, 0.3) is 0 Å². The van der Waals surface area contributed by atoms with Gasteiger partial charge in [-0.2, -0.15) is 0 Å². The number of nitrogens with one attached hydrogen (secondary N) is 2. The summed E-state index contributed by atoms with van der Waals surface area (Å²) in [5.74, 6) is -1.20. The van der Waals surface area contributed by atoms with Crippen molar-refractivity contribution in [1.82, 2.24) is 10.6 Å². The molecular formula is C23H40N2O15. The second-order valence-electron chi connectivity index (χ2n) is 10.0. The second-order valence-corrected chi connectivity index (χ2v) is 10.0. The predicted molar refractivity (Wildman–Crippen MR) is 128 cm³/mol. The van der Waals surface area contributed by atoms with Gasteiger partial charge in [0, 0.05) is 21.0 Å². The summed E-state index contributed by atoms with van der Waals surface area (Å²) in [6.07, 6.45) is -18.6. The Bertz CT molecular complexity index is 801. The van der Waals surface area contributed by atoms with Crippen LogP contribution in [-0.2, 0) is 38.0 Å². The molecule has 232 valence electrons. The Morgan fingerprint density at radius 3 is 1.48 bits per heavy atom. The normalized spacial score (nSPS) is 46.0.